The van der Waals surface area contributed by atoms with E-state index in [0.29, 0.717) is 17.9 Å². The topological polar surface area (TPSA) is 76.2 Å². The molecule has 1 aliphatic rings. The Labute approximate surface area is 181 Å². The molecule has 0 spiro atoms. The first-order chi connectivity index (χ1) is 14.7. The number of imidazole rings is 1. The van der Waals surface area contributed by atoms with Crippen LogP contribution in [0.15, 0.2) is 30.6 Å². The van der Waals surface area contributed by atoms with E-state index < -0.39 is 11.9 Å². The van der Waals surface area contributed by atoms with Gasteiger partial charge < -0.3 is 10.6 Å². The molecule has 1 aliphatic carbocycles. The molecule has 7 nitrogen and oxygen atoms in total. The van der Waals surface area contributed by atoms with Crippen molar-refractivity contribution in [3.05, 3.63) is 47.0 Å². The number of nitrogens with one attached hydrogen (secondary N) is 2. The third-order valence-corrected chi connectivity index (χ3v) is 5.76. The summed E-state index contributed by atoms with van der Waals surface area (Å²) in [6.07, 6.45) is 1.17. The van der Waals surface area contributed by atoms with Crippen molar-refractivity contribution in [1.29, 1.82) is 0 Å². The van der Waals surface area contributed by atoms with Crippen LogP contribution in [0, 0.1) is 0 Å². The SMILES string of the molecule is CCn1cc(C(=O)N[C@H]2CC[C@@H](Nc3cccc4nc(C(F)(F)F)cn34)CC2)c(Cl)n1. The molecular weight excluding hydrogens is 433 g/mol. The fourth-order valence-corrected chi connectivity index (χ4v) is 4.06. The minimum absolute atomic E-state index is 0.00691. The fourth-order valence-electron chi connectivity index (χ4n) is 3.83. The third kappa shape index (κ3) is 4.63. The second kappa shape index (κ2) is 8.41. The van der Waals surface area contributed by atoms with Crippen molar-refractivity contribution in [1.82, 2.24) is 24.5 Å². The molecule has 11 heteroatoms. The summed E-state index contributed by atoms with van der Waals surface area (Å²) in [5.41, 5.74) is -0.322. The highest BCUT2D eigenvalue weighted by atomic mass is 35.5. The molecule has 4 rings (SSSR count). The van der Waals surface area contributed by atoms with Crippen LogP contribution in [-0.4, -0.2) is 37.2 Å². The molecule has 3 aromatic heterocycles. The molecule has 0 saturated heterocycles. The highest BCUT2D eigenvalue weighted by molar-refractivity contribution is 6.32. The van der Waals surface area contributed by atoms with Crippen molar-refractivity contribution >= 4 is 29.0 Å². The first-order valence-corrected chi connectivity index (χ1v) is 10.5. The van der Waals surface area contributed by atoms with Crippen LogP contribution in [0.5, 0.6) is 0 Å². The van der Waals surface area contributed by atoms with Gasteiger partial charge in [-0.3, -0.25) is 13.9 Å². The van der Waals surface area contributed by atoms with E-state index in [1.54, 1.807) is 29.1 Å². The monoisotopic (exact) mass is 454 g/mol. The molecule has 31 heavy (non-hydrogen) atoms. The second-order valence-electron chi connectivity index (χ2n) is 7.62. The minimum Gasteiger partial charge on any atom is -0.368 e. The Balaban J connectivity index is 1.37. The molecular formula is C20H22ClF3N6O. The Morgan fingerprint density at radius 1 is 1.19 bits per heavy atom. The highest BCUT2D eigenvalue weighted by Gasteiger charge is 2.34. The lowest BCUT2D eigenvalue weighted by molar-refractivity contribution is -0.140. The number of fused-ring (bicyclic) bond motifs is 1. The van der Waals surface area contributed by atoms with Crippen molar-refractivity contribution in [3.8, 4) is 0 Å². The number of hydrogen-bond donors (Lipinski definition) is 2. The van der Waals surface area contributed by atoms with Crippen LogP contribution in [0.25, 0.3) is 5.65 Å². The van der Waals surface area contributed by atoms with Crippen LogP contribution < -0.4 is 10.6 Å². The summed E-state index contributed by atoms with van der Waals surface area (Å²) in [5, 5.41) is 10.6. The Kier molecular flexibility index (Phi) is 5.83. The summed E-state index contributed by atoms with van der Waals surface area (Å²) in [6.45, 7) is 2.53. The molecule has 166 valence electrons. The van der Waals surface area contributed by atoms with E-state index in [0.717, 1.165) is 31.9 Å². The van der Waals surface area contributed by atoms with E-state index in [1.807, 2.05) is 6.92 Å². The number of rotatable bonds is 5. The van der Waals surface area contributed by atoms with Gasteiger partial charge in [0.05, 0.1) is 5.56 Å². The summed E-state index contributed by atoms with van der Waals surface area (Å²) in [5.74, 6) is 0.315. The standard InChI is InChI=1S/C20H22ClF3N6O/c1-2-29-10-14(18(21)28-29)19(31)26-13-8-6-12(7-9-13)25-16-4-3-5-17-27-15(11-30(16)17)20(22,23)24/h3-5,10-13,25H,2,6-9H2,1H3,(H,26,31)/t12-,13+. The molecule has 0 bridgehead atoms. The summed E-state index contributed by atoms with van der Waals surface area (Å²) in [6, 6.07) is 5.04. The van der Waals surface area contributed by atoms with Crippen molar-refractivity contribution in [3.63, 3.8) is 0 Å². The van der Waals surface area contributed by atoms with Gasteiger partial charge in [-0.1, -0.05) is 17.7 Å². The van der Waals surface area contributed by atoms with Gasteiger partial charge in [-0.25, -0.2) is 4.98 Å². The number of carbonyl (C=O) groups excluding carboxylic acids is 1. The van der Waals surface area contributed by atoms with Crippen LogP contribution in [0.1, 0.15) is 48.7 Å². The molecule has 3 heterocycles. The average molecular weight is 455 g/mol. The van der Waals surface area contributed by atoms with Crippen molar-refractivity contribution in [2.75, 3.05) is 5.32 Å². The molecule has 1 amide bonds. The first kappa shape index (κ1) is 21.5. The molecule has 0 atom stereocenters. The smallest absolute Gasteiger partial charge is 0.368 e. The number of amides is 1. The quantitative estimate of drug-likeness (QED) is 0.600. The zero-order valence-electron chi connectivity index (χ0n) is 16.8. The zero-order chi connectivity index (χ0) is 22.2. The van der Waals surface area contributed by atoms with Crippen molar-refractivity contribution < 1.29 is 18.0 Å². The number of anilines is 1. The molecule has 1 saturated carbocycles. The van der Waals surface area contributed by atoms with Gasteiger partial charge in [-0.15, -0.1) is 0 Å². The minimum atomic E-state index is -4.49. The number of nitrogens with zero attached hydrogens (tertiary/aromatic N) is 4. The second-order valence-corrected chi connectivity index (χ2v) is 7.98. The van der Waals surface area contributed by atoms with E-state index in [4.69, 9.17) is 11.6 Å². The zero-order valence-corrected chi connectivity index (χ0v) is 17.5. The maximum atomic E-state index is 13.0. The molecule has 2 N–H and O–H groups in total. The summed E-state index contributed by atoms with van der Waals surface area (Å²) in [7, 11) is 0. The lowest BCUT2D eigenvalue weighted by Crippen LogP contribution is -2.40. The summed E-state index contributed by atoms with van der Waals surface area (Å²) < 4.78 is 42.0. The number of halogens is 4. The van der Waals surface area contributed by atoms with E-state index >= 15 is 0 Å². The number of aromatic nitrogens is 4. The van der Waals surface area contributed by atoms with Crippen LogP contribution in [-0.2, 0) is 12.7 Å². The highest BCUT2D eigenvalue weighted by Crippen LogP contribution is 2.30. The van der Waals surface area contributed by atoms with Gasteiger partial charge in [-0.2, -0.15) is 18.3 Å². The van der Waals surface area contributed by atoms with Crippen molar-refractivity contribution in [2.24, 2.45) is 0 Å². The van der Waals surface area contributed by atoms with Gasteiger partial charge >= 0.3 is 6.18 Å². The lowest BCUT2D eigenvalue weighted by Gasteiger charge is -2.30. The van der Waals surface area contributed by atoms with Gasteiger partial charge in [0.25, 0.3) is 5.91 Å². The van der Waals surface area contributed by atoms with Gasteiger partial charge in [-0.05, 0) is 44.7 Å². The largest absolute Gasteiger partial charge is 0.434 e. The Bertz CT molecular complexity index is 1080. The Hall–Kier alpha value is -2.75. The molecule has 0 unspecified atom stereocenters. The third-order valence-electron chi connectivity index (χ3n) is 5.48. The summed E-state index contributed by atoms with van der Waals surface area (Å²) in [4.78, 5) is 16.2. The van der Waals surface area contributed by atoms with E-state index in [2.05, 4.69) is 20.7 Å². The molecule has 0 radical (unpaired) electrons. The van der Waals surface area contributed by atoms with Crippen LogP contribution in [0.3, 0.4) is 0 Å². The lowest BCUT2D eigenvalue weighted by atomic mass is 9.91. The maximum absolute atomic E-state index is 13.0. The maximum Gasteiger partial charge on any atom is 0.434 e. The fraction of sp³-hybridized carbons (Fsp3) is 0.450. The number of aryl methyl sites for hydroxylation is 1. The van der Waals surface area contributed by atoms with Crippen molar-refractivity contribution in [2.45, 2.75) is 57.4 Å². The van der Waals surface area contributed by atoms with Gasteiger partial charge in [0, 0.05) is 31.0 Å². The van der Waals surface area contributed by atoms with Crippen LogP contribution in [0.2, 0.25) is 5.15 Å². The number of hydrogen-bond acceptors (Lipinski definition) is 4. The van der Waals surface area contributed by atoms with E-state index in [1.165, 1.54) is 4.40 Å². The number of pyridine rings is 1. The molecule has 1 fully saturated rings. The van der Waals surface area contributed by atoms with Gasteiger partial charge in [0.15, 0.2) is 10.8 Å². The van der Waals surface area contributed by atoms with Gasteiger partial charge in [0.1, 0.15) is 11.5 Å². The predicted molar refractivity (Wildman–Crippen MR) is 110 cm³/mol. The van der Waals surface area contributed by atoms with Gasteiger partial charge in [0.2, 0.25) is 0 Å². The van der Waals surface area contributed by atoms with Crippen LogP contribution in [0.4, 0.5) is 19.0 Å². The summed E-state index contributed by atoms with van der Waals surface area (Å²) >= 11 is 6.05. The predicted octanol–water partition coefficient (Wildman–Crippen LogP) is 4.38. The Morgan fingerprint density at radius 3 is 2.55 bits per heavy atom. The van der Waals surface area contributed by atoms with E-state index in [-0.39, 0.29) is 28.8 Å². The molecule has 0 aliphatic heterocycles. The van der Waals surface area contributed by atoms with Crippen LogP contribution >= 0.6 is 11.6 Å². The normalized spacial score (nSPS) is 19.5. The molecule has 3 aromatic rings. The Morgan fingerprint density at radius 2 is 1.90 bits per heavy atom. The average Bonchev–Trinajstić information content (AvgIpc) is 3.33. The number of carbonyl (C=O) groups is 1. The van der Waals surface area contributed by atoms with E-state index in [9.17, 15) is 18.0 Å². The number of alkyl halides is 3. The first-order valence-electron chi connectivity index (χ1n) is 10.1. The molecule has 0 aromatic carbocycles.